The predicted octanol–water partition coefficient (Wildman–Crippen LogP) is 1.95. The quantitative estimate of drug-likeness (QED) is 0.670. The van der Waals surface area contributed by atoms with E-state index in [1.54, 1.807) is 30.1 Å². The van der Waals surface area contributed by atoms with Gasteiger partial charge in [0, 0.05) is 37.1 Å². The SMILES string of the molecule is Cc1nc(NCCNC(=O)c2ccc(F)cc2)cc(-n2cccn2)n1. The van der Waals surface area contributed by atoms with Gasteiger partial charge in [0.15, 0.2) is 5.82 Å². The number of aromatic nitrogens is 4. The monoisotopic (exact) mass is 340 g/mol. The number of nitrogens with zero attached hydrogens (tertiary/aromatic N) is 4. The molecule has 0 saturated heterocycles. The van der Waals surface area contributed by atoms with E-state index in [-0.39, 0.29) is 11.7 Å². The number of amides is 1. The zero-order valence-corrected chi connectivity index (χ0v) is 13.6. The summed E-state index contributed by atoms with van der Waals surface area (Å²) in [7, 11) is 0. The highest BCUT2D eigenvalue weighted by molar-refractivity contribution is 5.94. The molecular weight excluding hydrogens is 323 g/mol. The lowest BCUT2D eigenvalue weighted by atomic mass is 10.2. The Balaban J connectivity index is 1.54. The fraction of sp³-hybridized carbons (Fsp3) is 0.176. The molecule has 8 heteroatoms. The predicted molar refractivity (Wildman–Crippen MR) is 91.1 cm³/mol. The third-order valence-electron chi connectivity index (χ3n) is 3.39. The minimum atomic E-state index is -0.370. The van der Waals surface area contributed by atoms with Gasteiger partial charge in [-0.3, -0.25) is 4.79 Å². The molecule has 0 bridgehead atoms. The zero-order valence-electron chi connectivity index (χ0n) is 13.6. The molecule has 1 amide bonds. The Kier molecular flexibility index (Phi) is 4.98. The first-order valence-electron chi connectivity index (χ1n) is 7.75. The van der Waals surface area contributed by atoms with Crippen molar-refractivity contribution in [3.8, 4) is 5.82 Å². The fourth-order valence-corrected chi connectivity index (χ4v) is 2.23. The molecule has 0 aliphatic carbocycles. The lowest BCUT2D eigenvalue weighted by Gasteiger charge is -2.09. The smallest absolute Gasteiger partial charge is 0.251 e. The third kappa shape index (κ3) is 4.37. The molecule has 0 radical (unpaired) electrons. The summed E-state index contributed by atoms with van der Waals surface area (Å²) in [5, 5.41) is 10.0. The Morgan fingerprint density at radius 1 is 1.20 bits per heavy atom. The number of nitrogens with one attached hydrogen (secondary N) is 2. The number of aryl methyl sites for hydroxylation is 1. The van der Waals surface area contributed by atoms with E-state index in [1.807, 2.05) is 6.07 Å². The highest BCUT2D eigenvalue weighted by atomic mass is 19.1. The van der Waals surface area contributed by atoms with Gasteiger partial charge in [0.25, 0.3) is 5.91 Å². The number of hydrogen-bond donors (Lipinski definition) is 2. The first-order valence-corrected chi connectivity index (χ1v) is 7.75. The van der Waals surface area contributed by atoms with Crippen molar-refractivity contribution in [2.75, 3.05) is 18.4 Å². The standard InChI is InChI=1S/C17H17FN6O/c1-12-22-15(11-16(23-12)24-10-2-7-21-24)19-8-9-20-17(25)13-3-5-14(18)6-4-13/h2-7,10-11H,8-9H2,1H3,(H,20,25)(H,19,22,23). The molecular formula is C17H17FN6O. The van der Waals surface area contributed by atoms with Crippen LogP contribution in [-0.4, -0.2) is 38.7 Å². The normalized spacial score (nSPS) is 10.5. The average molecular weight is 340 g/mol. The van der Waals surface area contributed by atoms with Gasteiger partial charge in [-0.2, -0.15) is 5.10 Å². The summed E-state index contributed by atoms with van der Waals surface area (Å²) in [6, 6.07) is 9.00. The van der Waals surface area contributed by atoms with Crippen LogP contribution < -0.4 is 10.6 Å². The molecule has 2 aromatic heterocycles. The van der Waals surface area contributed by atoms with Crippen LogP contribution in [0.1, 0.15) is 16.2 Å². The highest BCUT2D eigenvalue weighted by Gasteiger charge is 2.06. The molecule has 3 aromatic rings. The minimum absolute atomic E-state index is 0.252. The van der Waals surface area contributed by atoms with E-state index in [0.29, 0.717) is 36.1 Å². The van der Waals surface area contributed by atoms with Crippen molar-refractivity contribution < 1.29 is 9.18 Å². The van der Waals surface area contributed by atoms with E-state index < -0.39 is 0 Å². The Hall–Kier alpha value is -3.29. The number of rotatable bonds is 6. The van der Waals surface area contributed by atoms with Crippen LogP contribution in [0.2, 0.25) is 0 Å². The number of carbonyl (C=O) groups excluding carboxylic acids is 1. The van der Waals surface area contributed by atoms with E-state index in [4.69, 9.17) is 0 Å². The molecule has 1 aromatic carbocycles. The summed E-state index contributed by atoms with van der Waals surface area (Å²) in [6.45, 7) is 2.69. The number of carbonyl (C=O) groups is 1. The van der Waals surface area contributed by atoms with Gasteiger partial charge in [0.2, 0.25) is 0 Å². The first-order chi connectivity index (χ1) is 12.1. The van der Waals surface area contributed by atoms with Gasteiger partial charge in [0.1, 0.15) is 17.5 Å². The molecule has 3 rings (SSSR count). The van der Waals surface area contributed by atoms with Crippen LogP contribution in [-0.2, 0) is 0 Å². The lowest BCUT2D eigenvalue weighted by molar-refractivity contribution is 0.0955. The zero-order chi connectivity index (χ0) is 17.6. The first kappa shape index (κ1) is 16.6. The average Bonchev–Trinajstić information content (AvgIpc) is 3.13. The van der Waals surface area contributed by atoms with Crippen molar-refractivity contribution in [3.63, 3.8) is 0 Å². The summed E-state index contributed by atoms with van der Waals surface area (Å²) in [6.07, 6.45) is 3.48. The van der Waals surface area contributed by atoms with Crippen molar-refractivity contribution in [1.82, 2.24) is 25.1 Å². The summed E-state index contributed by atoms with van der Waals surface area (Å²) in [5.41, 5.74) is 0.417. The van der Waals surface area contributed by atoms with Crippen molar-refractivity contribution in [1.29, 1.82) is 0 Å². The Labute approximate surface area is 143 Å². The van der Waals surface area contributed by atoms with Gasteiger partial charge in [-0.15, -0.1) is 0 Å². The topological polar surface area (TPSA) is 84.7 Å². The molecule has 128 valence electrons. The third-order valence-corrected chi connectivity index (χ3v) is 3.39. The Morgan fingerprint density at radius 2 is 2.00 bits per heavy atom. The van der Waals surface area contributed by atoms with Crippen LogP contribution in [0, 0.1) is 12.7 Å². The largest absolute Gasteiger partial charge is 0.368 e. The number of halogens is 1. The second kappa shape index (κ2) is 7.52. The van der Waals surface area contributed by atoms with Crippen molar-refractivity contribution in [3.05, 3.63) is 66.0 Å². The molecule has 7 nitrogen and oxygen atoms in total. The minimum Gasteiger partial charge on any atom is -0.368 e. The molecule has 2 N–H and O–H groups in total. The maximum Gasteiger partial charge on any atom is 0.251 e. The molecule has 0 saturated carbocycles. The Morgan fingerprint density at radius 3 is 2.72 bits per heavy atom. The van der Waals surface area contributed by atoms with Crippen LogP contribution in [0.4, 0.5) is 10.2 Å². The number of benzene rings is 1. The summed E-state index contributed by atoms with van der Waals surface area (Å²) in [4.78, 5) is 20.6. The molecule has 25 heavy (non-hydrogen) atoms. The van der Waals surface area contributed by atoms with E-state index in [2.05, 4.69) is 25.7 Å². The number of hydrogen-bond acceptors (Lipinski definition) is 5. The van der Waals surface area contributed by atoms with Crippen molar-refractivity contribution in [2.24, 2.45) is 0 Å². The molecule has 0 atom stereocenters. The van der Waals surface area contributed by atoms with Gasteiger partial charge in [-0.05, 0) is 37.3 Å². The van der Waals surface area contributed by atoms with Gasteiger partial charge >= 0.3 is 0 Å². The van der Waals surface area contributed by atoms with Gasteiger partial charge < -0.3 is 10.6 Å². The second-order valence-corrected chi connectivity index (χ2v) is 5.30. The fourth-order valence-electron chi connectivity index (χ4n) is 2.23. The molecule has 0 aliphatic rings. The maximum atomic E-state index is 12.9. The van der Waals surface area contributed by atoms with E-state index in [1.165, 1.54) is 24.3 Å². The highest BCUT2D eigenvalue weighted by Crippen LogP contribution is 2.09. The van der Waals surface area contributed by atoms with Crippen molar-refractivity contribution >= 4 is 11.7 Å². The van der Waals surface area contributed by atoms with Crippen LogP contribution in [0.15, 0.2) is 48.8 Å². The van der Waals surface area contributed by atoms with E-state index in [9.17, 15) is 9.18 Å². The molecule has 2 heterocycles. The maximum absolute atomic E-state index is 12.9. The van der Waals surface area contributed by atoms with Crippen LogP contribution >= 0.6 is 0 Å². The van der Waals surface area contributed by atoms with Gasteiger partial charge in [-0.1, -0.05) is 0 Å². The van der Waals surface area contributed by atoms with Gasteiger partial charge in [-0.25, -0.2) is 19.0 Å². The second-order valence-electron chi connectivity index (χ2n) is 5.30. The van der Waals surface area contributed by atoms with Crippen LogP contribution in [0.5, 0.6) is 0 Å². The summed E-state index contributed by atoms with van der Waals surface area (Å²) in [5.74, 6) is 1.30. The molecule has 0 aliphatic heterocycles. The van der Waals surface area contributed by atoms with E-state index in [0.717, 1.165) is 0 Å². The van der Waals surface area contributed by atoms with Gasteiger partial charge in [0.05, 0.1) is 0 Å². The molecule has 0 fully saturated rings. The number of anilines is 1. The summed E-state index contributed by atoms with van der Waals surface area (Å²) >= 11 is 0. The van der Waals surface area contributed by atoms with E-state index >= 15 is 0 Å². The van der Waals surface area contributed by atoms with Crippen LogP contribution in [0.3, 0.4) is 0 Å². The lowest BCUT2D eigenvalue weighted by Crippen LogP contribution is -2.29. The summed E-state index contributed by atoms with van der Waals surface area (Å²) < 4.78 is 14.5. The molecule has 0 unspecified atom stereocenters. The van der Waals surface area contributed by atoms with Crippen molar-refractivity contribution in [2.45, 2.75) is 6.92 Å². The van der Waals surface area contributed by atoms with Crippen LogP contribution in [0.25, 0.3) is 5.82 Å². The Bertz CT molecular complexity index is 848. The molecule has 0 spiro atoms.